The summed E-state index contributed by atoms with van der Waals surface area (Å²) < 4.78 is 0. The second kappa shape index (κ2) is 11.3. The molecule has 21 heavy (non-hydrogen) atoms. The standard InChI is InChI=1S/C15H24N2OS3/c1-19-8-7-14(16)11-21-20-10-13(15(17)18)9-12-5-3-2-4-6-12/h2-6,13-14H,7-11,16H2,1H3,(H2,17,18). The fourth-order valence-corrected chi connectivity index (χ4v) is 4.87. The zero-order valence-electron chi connectivity index (χ0n) is 12.4. The first-order valence-corrected chi connectivity index (χ1v) is 10.8. The lowest BCUT2D eigenvalue weighted by Crippen LogP contribution is -2.27. The van der Waals surface area contributed by atoms with Crippen molar-refractivity contribution in [2.24, 2.45) is 17.4 Å². The predicted octanol–water partition coefficient (Wildman–Crippen LogP) is 2.79. The van der Waals surface area contributed by atoms with Gasteiger partial charge in [-0.1, -0.05) is 51.9 Å². The molecule has 0 aliphatic heterocycles. The fourth-order valence-electron chi connectivity index (χ4n) is 1.76. The Bertz CT molecular complexity index is 403. The van der Waals surface area contributed by atoms with Crippen molar-refractivity contribution in [1.29, 1.82) is 0 Å². The van der Waals surface area contributed by atoms with Crippen molar-refractivity contribution >= 4 is 39.3 Å². The van der Waals surface area contributed by atoms with Crippen molar-refractivity contribution in [3.8, 4) is 0 Å². The van der Waals surface area contributed by atoms with E-state index in [2.05, 4.69) is 6.26 Å². The monoisotopic (exact) mass is 344 g/mol. The number of primary amides is 1. The molecule has 3 nitrogen and oxygen atoms in total. The van der Waals surface area contributed by atoms with E-state index in [0.29, 0.717) is 6.42 Å². The zero-order valence-corrected chi connectivity index (χ0v) is 14.8. The van der Waals surface area contributed by atoms with Gasteiger partial charge in [0.1, 0.15) is 0 Å². The van der Waals surface area contributed by atoms with Crippen LogP contribution in [0.25, 0.3) is 0 Å². The Hall–Kier alpha value is -0.300. The van der Waals surface area contributed by atoms with Gasteiger partial charge in [-0.3, -0.25) is 4.79 Å². The van der Waals surface area contributed by atoms with Gasteiger partial charge in [-0.25, -0.2) is 0 Å². The van der Waals surface area contributed by atoms with Crippen molar-refractivity contribution < 1.29 is 4.79 Å². The van der Waals surface area contributed by atoms with E-state index in [4.69, 9.17) is 11.5 Å². The third-order valence-corrected chi connectivity index (χ3v) is 6.28. The highest BCUT2D eigenvalue weighted by Crippen LogP contribution is 2.26. The lowest BCUT2D eigenvalue weighted by Gasteiger charge is -2.14. The van der Waals surface area contributed by atoms with E-state index >= 15 is 0 Å². The van der Waals surface area contributed by atoms with E-state index in [1.54, 1.807) is 21.6 Å². The molecule has 0 spiro atoms. The molecular weight excluding hydrogens is 320 g/mol. The average Bonchev–Trinajstić information content (AvgIpc) is 2.49. The molecule has 2 atom stereocenters. The Morgan fingerprint density at radius 3 is 2.48 bits per heavy atom. The Balaban J connectivity index is 2.27. The summed E-state index contributed by atoms with van der Waals surface area (Å²) in [5, 5.41) is 0. The van der Waals surface area contributed by atoms with Gasteiger partial charge in [0.25, 0.3) is 0 Å². The highest BCUT2D eigenvalue weighted by atomic mass is 33.1. The normalized spacial score (nSPS) is 13.8. The van der Waals surface area contributed by atoms with Crippen LogP contribution in [0.1, 0.15) is 12.0 Å². The average molecular weight is 345 g/mol. The van der Waals surface area contributed by atoms with Crippen LogP contribution >= 0.6 is 33.3 Å². The summed E-state index contributed by atoms with van der Waals surface area (Å²) in [7, 11) is 3.44. The number of thioether (sulfide) groups is 1. The van der Waals surface area contributed by atoms with E-state index in [0.717, 1.165) is 29.2 Å². The molecule has 0 bridgehead atoms. The molecule has 1 aromatic rings. The fraction of sp³-hybridized carbons (Fsp3) is 0.533. The second-order valence-electron chi connectivity index (χ2n) is 4.90. The number of hydrogen-bond acceptors (Lipinski definition) is 5. The van der Waals surface area contributed by atoms with Gasteiger partial charge in [0, 0.05) is 17.5 Å². The van der Waals surface area contributed by atoms with Gasteiger partial charge in [-0.15, -0.1) is 0 Å². The highest BCUT2D eigenvalue weighted by Gasteiger charge is 2.16. The molecule has 0 aliphatic carbocycles. The molecule has 0 aromatic heterocycles. The van der Waals surface area contributed by atoms with Gasteiger partial charge < -0.3 is 11.5 Å². The van der Waals surface area contributed by atoms with Crippen LogP contribution in [0.4, 0.5) is 0 Å². The SMILES string of the molecule is CSCCC(N)CSSCC(Cc1ccccc1)C(N)=O. The number of carbonyl (C=O) groups is 1. The molecule has 0 saturated heterocycles. The predicted molar refractivity (Wildman–Crippen MR) is 98.7 cm³/mol. The Morgan fingerprint density at radius 1 is 1.19 bits per heavy atom. The topological polar surface area (TPSA) is 69.1 Å². The minimum atomic E-state index is -0.223. The molecule has 0 saturated carbocycles. The van der Waals surface area contributed by atoms with Crippen molar-refractivity contribution in [1.82, 2.24) is 0 Å². The van der Waals surface area contributed by atoms with Crippen LogP contribution in [-0.4, -0.2) is 35.5 Å². The lowest BCUT2D eigenvalue weighted by molar-refractivity contribution is -0.121. The number of benzene rings is 1. The van der Waals surface area contributed by atoms with Gasteiger partial charge in [-0.2, -0.15) is 11.8 Å². The van der Waals surface area contributed by atoms with Crippen molar-refractivity contribution in [3.05, 3.63) is 35.9 Å². The maximum absolute atomic E-state index is 11.5. The Morgan fingerprint density at radius 2 is 1.86 bits per heavy atom. The number of amides is 1. The molecule has 0 aliphatic rings. The van der Waals surface area contributed by atoms with Crippen LogP contribution in [0.2, 0.25) is 0 Å². The smallest absolute Gasteiger partial charge is 0.221 e. The molecule has 1 amide bonds. The number of rotatable bonds is 11. The van der Waals surface area contributed by atoms with Crippen molar-refractivity contribution in [2.45, 2.75) is 18.9 Å². The summed E-state index contributed by atoms with van der Waals surface area (Å²) in [4.78, 5) is 11.5. The summed E-state index contributed by atoms with van der Waals surface area (Å²) >= 11 is 1.82. The van der Waals surface area contributed by atoms with Gasteiger partial charge in [-0.05, 0) is 30.4 Å². The van der Waals surface area contributed by atoms with E-state index in [-0.39, 0.29) is 17.9 Å². The van der Waals surface area contributed by atoms with E-state index in [9.17, 15) is 4.79 Å². The van der Waals surface area contributed by atoms with E-state index in [1.165, 1.54) is 0 Å². The summed E-state index contributed by atoms with van der Waals surface area (Å²) in [5.41, 5.74) is 12.7. The highest BCUT2D eigenvalue weighted by molar-refractivity contribution is 8.76. The van der Waals surface area contributed by atoms with Crippen LogP contribution in [0, 0.1) is 5.92 Å². The van der Waals surface area contributed by atoms with Crippen LogP contribution < -0.4 is 11.5 Å². The molecule has 6 heteroatoms. The molecule has 0 fully saturated rings. The third-order valence-electron chi connectivity index (χ3n) is 3.05. The number of carbonyl (C=O) groups excluding carboxylic acids is 1. The first-order chi connectivity index (χ1) is 10.1. The quantitative estimate of drug-likeness (QED) is 0.477. The third kappa shape index (κ3) is 8.66. The Labute approximate surface area is 139 Å². The summed E-state index contributed by atoms with van der Waals surface area (Å²) in [6.45, 7) is 0. The summed E-state index contributed by atoms with van der Waals surface area (Å²) in [5.74, 6) is 2.42. The summed E-state index contributed by atoms with van der Waals surface area (Å²) in [6, 6.07) is 10.2. The van der Waals surface area contributed by atoms with Crippen LogP contribution in [0.5, 0.6) is 0 Å². The molecule has 1 aromatic carbocycles. The molecular formula is C15H24N2OS3. The number of nitrogens with two attached hydrogens (primary N) is 2. The second-order valence-corrected chi connectivity index (χ2v) is 8.44. The largest absolute Gasteiger partial charge is 0.369 e. The molecule has 1 rings (SSSR count). The lowest BCUT2D eigenvalue weighted by atomic mass is 10.0. The van der Waals surface area contributed by atoms with Crippen molar-refractivity contribution in [3.63, 3.8) is 0 Å². The Kier molecular flexibility index (Phi) is 10.1. The first-order valence-electron chi connectivity index (χ1n) is 6.95. The maximum Gasteiger partial charge on any atom is 0.221 e. The van der Waals surface area contributed by atoms with Crippen LogP contribution in [0.15, 0.2) is 30.3 Å². The first kappa shape index (κ1) is 18.7. The van der Waals surface area contributed by atoms with Crippen LogP contribution in [0.3, 0.4) is 0 Å². The minimum Gasteiger partial charge on any atom is -0.369 e. The van der Waals surface area contributed by atoms with Gasteiger partial charge in [0.2, 0.25) is 5.91 Å². The van der Waals surface area contributed by atoms with Crippen molar-refractivity contribution in [2.75, 3.05) is 23.5 Å². The van der Waals surface area contributed by atoms with Gasteiger partial charge in [0.05, 0.1) is 5.92 Å². The maximum atomic E-state index is 11.5. The number of hydrogen-bond donors (Lipinski definition) is 2. The molecule has 0 radical (unpaired) electrons. The summed E-state index contributed by atoms with van der Waals surface area (Å²) in [6.07, 6.45) is 3.84. The van der Waals surface area contributed by atoms with Gasteiger partial charge >= 0.3 is 0 Å². The molecule has 2 unspecified atom stereocenters. The zero-order chi connectivity index (χ0) is 15.5. The minimum absolute atomic E-state index is 0.118. The van der Waals surface area contributed by atoms with E-state index < -0.39 is 0 Å². The van der Waals surface area contributed by atoms with E-state index in [1.807, 2.05) is 42.1 Å². The molecule has 118 valence electrons. The molecule has 0 heterocycles. The van der Waals surface area contributed by atoms with Crippen LogP contribution in [-0.2, 0) is 11.2 Å². The molecule has 4 N–H and O–H groups in total. The van der Waals surface area contributed by atoms with Gasteiger partial charge in [0.15, 0.2) is 0 Å².